The van der Waals surface area contributed by atoms with Crippen LogP contribution in [0, 0.1) is 0 Å². The molecule has 1 aliphatic rings. The summed E-state index contributed by atoms with van der Waals surface area (Å²) in [6, 6.07) is 0. The average molecular weight is 388 g/mol. The third kappa shape index (κ3) is 6.34. The maximum atomic E-state index is 12.6. The van der Waals surface area contributed by atoms with E-state index in [2.05, 4.69) is 9.97 Å². The van der Waals surface area contributed by atoms with Gasteiger partial charge in [0.15, 0.2) is 0 Å². The van der Waals surface area contributed by atoms with Crippen molar-refractivity contribution >= 4 is 11.9 Å². The van der Waals surface area contributed by atoms with Gasteiger partial charge in [0.05, 0.1) is 23.2 Å². The first-order chi connectivity index (χ1) is 12.3. The summed E-state index contributed by atoms with van der Waals surface area (Å²) >= 11 is 0. The SMILES string of the molecule is CC(C)(C)OC(C)(C)CC(=O)N1CCN(c2ncc(C(F)(F)F)cn2)CC1. The van der Waals surface area contributed by atoms with Crippen LogP contribution in [0.4, 0.5) is 19.1 Å². The summed E-state index contributed by atoms with van der Waals surface area (Å²) in [5.41, 5.74) is -1.80. The fourth-order valence-electron chi connectivity index (χ4n) is 3.13. The third-order valence-electron chi connectivity index (χ3n) is 4.04. The lowest BCUT2D eigenvalue weighted by Crippen LogP contribution is -2.51. The normalized spacial score (nSPS) is 16.6. The van der Waals surface area contributed by atoms with Gasteiger partial charge in [-0.05, 0) is 34.6 Å². The lowest BCUT2D eigenvalue weighted by Gasteiger charge is -2.38. The van der Waals surface area contributed by atoms with Crippen molar-refractivity contribution < 1.29 is 22.7 Å². The van der Waals surface area contributed by atoms with Crippen LogP contribution in [0.1, 0.15) is 46.6 Å². The summed E-state index contributed by atoms with van der Waals surface area (Å²) in [6.45, 7) is 11.5. The van der Waals surface area contributed by atoms with Crippen LogP contribution >= 0.6 is 0 Å². The van der Waals surface area contributed by atoms with Crippen LogP contribution in [-0.4, -0.2) is 58.2 Å². The number of nitrogens with zero attached hydrogens (tertiary/aromatic N) is 4. The molecule has 1 fully saturated rings. The number of carbonyl (C=O) groups excluding carboxylic acids is 1. The molecule has 0 saturated carbocycles. The van der Waals surface area contributed by atoms with E-state index >= 15 is 0 Å². The van der Waals surface area contributed by atoms with Gasteiger partial charge in [0, 0.05) is 38.6 Å². The Hall–Kier alpha value is -1.90. The second-order valence-corrected chi connectivity index (χ2v) is 8.29. The van der Waals surface area contributed by atoms with Crippen molar-refractivity contribution in [2.24, 2.45) is 0 Å². The van der Waals surface area contributed by atoms with Gasteiger partial charge >= 0.3 is 6.18 Å². The molecule has 1 amide bonds. The maximum absolute atomic E-state index is 12.6. The lowest BCUT2D eigenvalue weighted by molar-refractivity contribution is -0.148. The van der Waals surface area contributed by atoms with Crippen molar-refractivity contribution in [1.29, 1.82) is 0 Å². The second kappa shape index (κ2) is 7.61. The largest absolute Gasteiger partial charge is 0.419 e. The minimum Gasteiger partial charge on any atom is -0.369 e. The number of amides is 1. The average Bonchev–Trinajstić information content (AvgIpc) is 2.51. The Morgan fingerprint density at radius 2 is 1.56 bits per heavy atom. The molecule has 1 aliphatic heterocycles. The molecule has 1 aromatic heterocycles. The molecule has 0 bridgehead atoms. The molecule has 0 unspecified atom stereocenters. The van der Waals surface area contributed by atoms with E-state index in [4.69, 9.17) is 4.74 Å². The number of aromatic nitrogens is 2. The molecule has 0 aromatic carbocycles. The Morgan fingerprint density at radius 3 is 2.00 bits per heavy atom. The van der Waals surface area contributed by atoms with Crippen LogP contribution in [-0.2, 0) is 15.7 Å². The van der Waals surface area contributed by atoms with E-state index in [0.29, 0.717) is 26.2 Å². The van der Waals surface area contributed by atoms with E-state index in [-0.39, 0.29) is 23.9 Å². The zero-order chi connectivity index (χ0) is 20.5. The zero-order valence-corrected chi connectivity index (χ0v) is 16.4. The highest BCUT2D eigenvalue weighted by Gasteiger charge is 2.33. The van der Waals surface area contributed by atoms with Gasteiger partial charge in [-0.2, -0.15) is 13.2 Å². The number of halogens is 3. The molecule has 0 N–H and O–H groups in total. The summed E-state index contributed by atoms with van der Waals surface area (Å²) in [4.78, 5) is 23.7. The monoisotopic (exact) mass is 388 g/mol. The van der Waals surface area contributed by atoms with Crippen molar-refractivity contribution in [1.82, 2.24) is 14.9 Å². The predicted octanol–water partition coefficient (Wildman–Crippen LogP) is 3.13. The molecule has 2 rings (SSSR count). The number of ether oxygens (including phenoxy) is 1. The molecule has 1 aromatic rings. The molecule has 9 heteroatoms. The Balaban J connectivity index is 1.90. The maximum Gasteiger partial charge on any atom is 0.419 e. The Labute approximate surface area is 157 Å². The number of rotatable bonds is 4. The molecule has 152 valence electrons. The summed E-state index contributed by atoms with van der Waals surface area (Å²) < 4.78 is 43.7. The van der Waals surface area contributed by atoms with Crippen molar-refractivity contribution in [2.45, 2.75) is 58.4 Å². The quantitative estimate of drug-likeness (QED) is 0.793. The summed E-state index contributed by atoms with van der Waals surface area (Å²) in [7, 11) is 0. The van der Waals surface area contributed by atoms with E-state index in [0.717, 1.165) is 12.4 Å². The first-order valence-electron chi connectivity index (χ1n) is 8.89. The topological polar surface area (TPSA) is 58.6 Å². The van der Waals surface area contributed by atoms with Gasteiger partial charge in [0.25, 0.3) is 0 Å². The molecule has 0 radical (unpaired) electrons. The molecule has 2 heterocycles. The second-order valence-electron chi connectivity index (χ2n) is 8.29. The highest BCUT2D eigenvalue weighted by Crippen LogP contribution is 2.28. The first-order valence-corrected chi connectivity index (χ1v) is 8.89. The minimum absolute atomic E-state index is 0.00256. The van der Waals surface area contributed by atoms with E-state index in [1.807, 2.05) is 34.6 Å². The van der Waals surface area contributed by atoms with Crippen molar-refractivity contribution in [3.05, 3.63) is 18.0 Å². The smallest absolute Gasteiger partial charge is 0.369 e. The van der Waals surface area contributed by atoms with Gasteiger partial charge < -0.3 is 14.5 Å². The van der Waals surface area contributed by atoms with E-state index in [9.17, 15) is 18.0 Å². The minimum atomic E-state index is -4.45. The highest BCUT2D eigenvalue weighted by molar-refractivity contribution is 5.77. The van der Waals surface area contributed by atoms with Crippen molar-refractivity contribution in [2.75, 3.05) is 31.1 Å². The standard InChI is InChI=1S/C18H27F3N4O2/c1-16(2,3)27-17(4,5)10-14(26)24-6-8-25(9-7-24)15-22-11-13(12-23-15)18(19,20)21/h11-12H,6-10H2,1-5H3. The van der Waals surface area contributed by atoms with Crippen LogP contribution in [0.15, 0.2) is 12.4 Å². The predicted molar refractivity (Wildman–Crippen MR) is 95.4 cm³/mol. The molecule has 1 saturated heterocycles. The molecular formula is C18H27F3N4O2. The Kier molecular flexibility index (Phi) is 6.03. The Bertz CT molecular complexity index is 646. The van der Waals surface area contributed by atoms with Crippen LogP contribution in [0.3, 0.4) is 0 Å². The number of carbonyl (C=O) groups is 1. The third-order valence-corrected chi connectivity index (χ3v) is 4.04. The van der Waals surface area contributed by atoms with Gasteiger partial charge in [0.1, 0.15) is 0 Å². The highest BCUT2D eigenvalue weighted by atomic mass is 19.4. The summed E-state index contributed by atoms with van der Waals surface area (Å²) in [6.07, 6.45) is -2.62. The zero-order valence-electron chi connectivity index (χ0n) is 16.4. The van der Waals surface area contributed by atoms with E-state index in [1.54, 1.807) is 9.80 Å². The van der Waals surface area contributed by atoms with Crippen LogP contribution < -0.4 is 4.90 Å². The lowest BCUT2D eigenvalue weighted by atomic mass is 10.0. The van der Waals surface area contributed by atoms with E-state index in [1.165, 1.54) is 0 Å². The van der Waals surface area contributed by atoms with Crippen LogP contribution in [0.25, 0.3) is 0 Å². The first kappa shape index (κ1) is 21.4. The van der Waals surface area contributed by atoms with Gasteiger partial charge in [-0.3, -0.25) is 4.79 Å². The molecule has 6 nitrogen and oxygen atoms in total. The fraction of sp³-hybridized carbons (Fsp3) is 0.722. The number of piperazine rings is 1. The van der Waals surface area contributed by atoms with Crippen molar-refractivity contribution in [3.63, 3.8) is 0 Å². The molecule has 0 atom stereocenters. The van der Waals surface area contributed by atoms with Gasteiger partial charge in [-0.1, -0.05) is 0 Å². The van der Waals surface area contributed by atoms with Gasteiger partial charge in [-0.15, -0.1) is 0 Å². The number of hydrogen-bond donors (Lipinski definition) is 0. The molecular weight excluding hydrogens is 361 g/mol. The van der Waals surface area contributed by atoms with Crippen molar-refractivity contribution in [3.8, 4) is 0 Å². The summed E-state index contributed by atoms with van der Waals surface area (Å²) in [5.74, 6) is 0.240. The van der Waals surface area contributed by atoms with Gasteiger partial charge in [-0.25, -0.2) is 9.97 Å². The Morgan fingerprint density at radius 1 is 1.04 bits per heavy atom. The number of alkyl halides is 3. The van der Waals surface area contributed by atoms with Crippen LogP contribution in [0.2, 0.25) is 0 Å². The molecule has 27 heavy (non-hydrogen) atoms. The van der Waals surface area contributed by atoms with Gasteiger partial charge in [0.2, 0.25) is 11.9 Å². The number of anilines is 1. The molecule has 0 aliphatic carbocycles. The fourth-order valence-corrected chi connectivity index (χ4v) is 3.13. The van der Waals surface area contributed by atoms with Crippen LogP contribution in [0.5, 0.6) is 0 Å². The van der Waals surface area contributed by atoms with E-state index < -0.39 is 17.3 Å². The molecule has 0 spiro atoms. The summed E-state index contributed by atoms with van der Waals surface area (Å²) in [5, 5.41) is 0. The number of hydrogen-bond acceptors (Lipinski definition) is 5.